The zero-order valence-corrected chi connectivity index (χ0v) is 13.8. The maximum Gasteiger partial charge on any atom is 0.390 e. The summed E-state index contributed by atoms with van der Waals surface area (Å²) in [6.45, 7) is 0. The van der Waals surface area contributed by atoms with Gasteiger partial charge in [-0.05, 0) is 23.6 Å². The van der Waals surface area contributed by atoms with E-state index in [0.717, 1.165) is 10.8 Å². The average Bonchev–Trinajstić information content (AvgIpc) is 2.66. The van der Waals surface area contributed by atoms with Gasteiger partial charge in [0.05, 0.1) is 17.6 Å². The fourth-order valence-electron chi connectivity index (χ4n) is 2.43. The average molecular weight is 347 g/mol. The maximum absolute atomic E-state index is 12.0. The van der Waals surface area contributed by atoms with Gasteiger partial charge in [-0.25, -0.2) is 4.79 Å². The lowest BCUT2D eigenvalue weighted by atomic mass is 10.0. The van der Waals surface area contributed by atoms with E-state index in [1.54, 1.807) is 6.07 Å². The second kappa shape index (κ2) is 7.36. The number of hydrogen-bond acceptors (Lipinski definition) is 5. The molecule has 0 fully saturated rings. The molecule has 0 aliphatic rings. The van der Waals surface area contributed by atoms with Gasteiger partial charge in [0, 0.05) is 23.4 Å². The molecule has 0 atom stereocenters. The Bertz CT molecular complexity index is 1050. The smallest absolute Gasteiger partial charge is 0.390 e. The zero-order valence-electron chi connectivity index (χ0n) is 13.8. The number of hydrogen-bond donors (Lipinski definition) is 0. The summed E-state index contributed by atoms with van der Waals surface area (Å²) in [5.41, 5.74) is 0.502. The van der Waals surface area contributed by atoms with Crippen molar-refractivity contribution in [3.05, 3.63) is 76.3 Å². The lowest BCUT2D eigenvalue weighted by Crippen LogP contribution is -2.04. The number of carbonyl (C=O) groups excluding carboxylic acids is 1. The predicted molar refractivity (Wildman–Crippen MR) is 96.1 cm³/mol. The summed E-state index contributed by atoms with van der Waals surface area (Å²) in [5, 5.41) is 12.5. The molecule has 0 aliphatic heterocycles. The maximum atomic E-state index is 12.0. The van der Waals surface area contributed by atoms with Crippen LogP contribution in [0.15, 0.2) is 60.7 Å². The van der Waals surface area contributed by atoms with Gasteiger partial charge in [-0.1, -0.05) is 36.3 Å². The van der Waals surface area contributed by atoms with Crippen molar-refractivity contribution in [3.8, 4) is 23.3 Å². The lowest BCUT2D eigenvalue weighted by molar-refractivity contribution is -0.384. The molecule has 0 N–H and O–H groups in total. The standard InChI is InChI=1S/C20H13NO5/c1-25-19-12-6-14-4-2-3-5-17(14)18(19)11-13-20(22)26-16-9-7-15(8-10-16)21(23)24/h2-10,12H,1H3. The van der Waals surface area contributed by atoms with Crippen LogP contribution in [0.4, 0.5) is 5.69 Å². The summed E-state index contributed by atoms with van der Waals surface area (Å²) in [7, 11) is 1.53. The molecule has 0 aliphatic carbocycles. The Hall–Kier alpha value is -3.85. The molecular formula is C20H13NO5. The van der Waals surface area contributed by atoms with E-state index in [9.17, 15) is 14.9 Å². The molecule has 0 spiro atoms. The van der Waals surface area contributed by atoms with Gasteiger partial charge in [0.1, 0.15) is 11.5 Å². The van der Waals surface area contributed by atoms with Gasteiger partial charge in [-0.3, -0.25) is 10.1 Å². The number of esters is 1. The topological polar surface area (TPSA) is 78.7 Å². The molecule has 26 heavy (non-hydrogen) atoms. The molecule has 0 bridgehead atoms. The SMILES string of the molecule is COc1ccc2ccccc2c1C#CC(=O)Oc1ccc([N+](=O)[O-])cc1. The Kier molecular flexibility index (Phi) is 4.81. The van der Waals surface area contributed by atoms with Gasteiger partial charge in [0.15, 0.2) is 0 Å². The number of benzene rings is 3. The van der Waals surface area contributed by atoms with Crippen LogP contribution in [0, 0.1) is 22.0 Å². The summed E-state index contributed by atoms with van der Waals surface area (Å²) in [6.07, 6.45) is 0. The minimum absolute atomic E-state index is 0.0867. The highest BCUT2D eigenvalue weighted by molar-refractivity contribution is 5.95. The third-order valence-corrected chi connectivity index (χ3v) is 3.66. The van der Waals surface area contributed by atoms with Crippen LogP contribution in [0.3, 0.4) is 0 Å². The van der Waals surface area contributed by atoms with Crippen molar-refractivity contribution in [3.63, 3.8) is 0 Å². The quantitative estimate of drug-likeness (QED) is 0.237. The minimum atomic E-state index is -0.770. The molecule has 6 heteroatoms. The molecule has 0 radical (unpaired) electrons. The van der Waals surface area contributed by atoms with Crippen LogP contribution in [0.25, 0.3) is 10.8 Å². The van der Waals surface area contributed by atoms with Crippen LogP contribution in [0.2, 0.25) is 0 Å². The van der Waals surface area contributed by atoms with Crippen molar-refractivity contribution < 1.29 is 19.2 Å². The number of fused-ring (bicyclic) bond motifs is 1. The highest BCUT2D eigenvalue weighted by Gasteiger charge is 2.08. The number of non-ortho nitro benzene ring substituents is 1. The van der Waals surface area contributed by atoms with Crippen LogP contribution in [-0.4, -0.2) is 18.0 Å². The van der Waals surface area contributed by atoms with Crippen molar-refractivity contribution >= 4 is 22.4 Å². The van der Waals surface area contributed by atoms with Crippen LogP contribution in [0.1, 0.15) is 5.56 Å². The Labute approximate surface area is 149 Å². The second-order valence-electron chi connectivity index (χ2n) is 5.25. The molecule has 6 nitrogen and oxygen atoms in total. The number of methoxy groups -OCH3 is 1. The fourth-order valence-corrected chi connectivity index (χ4v) is 2.43. The Balaban J connectivity index is 1.86. The summed E-state index contributed by atoms with van der Waals surface area (Å²) in [4.78, 5) is 22.1. The molecule has 128 valence electrons. The van der Waals surface area contributed by atoms with Crippen molar-refractivity contribution in [1.82, 2.24) is 0 Å². The first-order chi connectivity index (χ1) is 12.6. The molecule has 0 unspecified atom stereocenters. The minimum Gasteiger partial charge on any atom is -0.495 e. The van der Waals surface area contributed by atoms with Gasteiger partial charge in [-0.2, -0.15) is 0 Å². The Morgan fingerprint density at radius 3 is 2.46 bits per heavy atom. The Morgan fingerprint density at radius 2 is 1.77 bits per heavy atom. The van der Waals surface area contributed by atoms with Gasteiger partial charge < -0.3 is 9.47 Å². The van der Waals surface area contributed by atoms with E-state index in [1.165, 1.54) is 31.4 Å². The molecule has 0 saturated carbocycles. The predicted octanol–water partition coefficient (Wildman–Crippen LogP) is 3.71. The zero-order chi connectivity index (χ0) is 18.5. The van der Waals surface area contributed by atoms with E-state index in [0.29, 0.717) is 11.3 Å². The largest absolute Gasteiger partial charge is 0.495 e. The monoisotopic (exact) mass is 347 g/mol. The molecule has 0 saturated heterocycles. The first kappa shape index (κ1) is 17.0. The number of nitro groups is 1. The van der Waals surface area contributed by atoms with E-state index < -0.39 is 10.9 Å². The molecule has 3 rings (SSSR count). The molecule has 0 heterocycles. The van der Waals surface area contributed by atoms with E-state index >= 15 is 0 Å². The number of nitrogens with zero attached hydrogens (tertiary/aromatic N) is 1. The van der Waals surface area contributed by atoms with Crippen molar-refractivity contribution in [2.45, 2.75) is 0 Å². The molecule has 3 aromatic carbocycles. The summed E-state index contributed by atoms with van der Waals surface area (Å²) in [6, 6.07) is 16.5. The Morgan fingerprint density at radius 1 is 1.04 bits per heavy atom. The van der Waals surface area contributed by atoms with Crippen molar-refractivity contribution in [1.29, 1.82) is 0 Å². The van der Waals surface area contributed by atoms with Crippen LogP contribution < -0.4 is 9.47 Å². The van der Waals surface area contributed by atoms with E-state index in [1.807, 2.05) is 30.3 Å². The van der Waals surface area contributed by atoms with Gasteiger partial charge in [-0.15, -0.1) is 0 Å². The van der Waals surface area contributed by atoms with Gasteiger partial charge in [0.2, 0.25) is 0 Å². The van der Waals surface area contributed by atoms with Gasteiger partial charge >= 0.3 is 5.97 Å². The third-order valence-electron chi connectivity index (χ3n) is 3.66. The molecular weight excluding hydrogens is 334 g/mol. The van der Waals surface area contributed by atoms with Crippen LogP contribution in [-0.2, 0) is 4.79 Å². The number of carbonyl (C=O) groups is 1. The molecule has 3 aromatic rings. The summed E-state index contributed by atoms with van der Waals surface area (Å²) < 4.78 is 10.4. The number of ether oxygens (including phenoxy) is 2. The first-order valence-electron chi connectivity index (χ1n) is 7.62. The normalized spacial score (nSPS) is 9.88. The van der Waals surface area contributed by atoms with E-state index in [2.05, 4.69) is 11.8 Å². The van der Waals surface area contributed by atoms with E-state index in [-0.39, 0.29) is 11.4 Å². The van der Waals surface area contributed by atoms with Gasteiger partial charge in [0.25, 0.3) is 5.69 Å². The lowest BCUT2D eigenvalue weighted by Gasteiger charge is -2.06. The number of nitro benzene ring substituents is 1. The first-order valence-corrected chi connectivity index (χ1v) is 7.62. The van der Waals surface area contributed by atoms with E-state index in [4.69, 9.17) is 9.47 Å². The van der Waals surface area contributed by atoms with Crippen LogP contribution in [0.5, 0.6) is 11.5 Å². The molecule has 0 aromatic heterocycles. The second-order valence-corrected chi connectivity index (χ2v) is 5.25. The number of rotatable bonds is 3. The summed E-state index contributed by atoms with van der Waals surface area (Å²) in [5.74, 6) is 5.19. The van der Waals surface area contributed by atoms with Crippen molar-refractivity contribution in [2.75, 3.05) is 7.11 Å². The van der Waals surface area contributed by atoms with Crippen molar-refractivity contribution in [2.24, 2.45) is 0 Å². The summed E-state index contributed by atoms with van der Waals surface area (Å²) >= 11 is 0. The highest BCUT2D eigenvalue weighted by Crippen LogP contribution is 2.27. The molecule has 0 amide bonds. The third kappa shape index (κ3) is 3.62. The highest BCUT2D eigenvalue weighted by atomic mass is 16.6. The van der Waals surface area contributed by atoms with Crippen LogP contribution >= 0.6 is 0 Å². The fraction of sp³-hybridized carbons (Fsp3) is 0.0500.